The largest absolute Gasteiger partial charge is 0.395 e. The van der Waals surface area contributed by atoms with Gasteiger partial charge in [-0.2, -0.15) is 0 Å². The molecule has 0 bridgehead atoms. The first-order valence-corrected chi connectivity index (χ1v) is 6.76. The van der Waals surface area contributed by atoms with Crippen molar-refractivity contribution in [3.8, 4) is 0 Å². The molecule has 1 aliphatic rings. The van der Waals surface area contributed by atoms with E-state index in [2.05, 4.69) is 16.0 Å². The van der Waals surface area contributed by atoms with Crippen LogP contribution in [-0.2, 0) is 0 Å². The van der Waals surface area contributed by atoms with Crippen LogP contribution in [0.3, 0.4) is 0 Å². The molecule has 0 aromatic heterocycles. The number of hydrogen-bond donors (Lipinski definition) is 4. The molecule has 1 amide bonds. The molecule has 0 unspecified atom stereocenters. The van der Waals surface area contributed by atoms with E-state index in [1.807, 2.05) is 12.1 Å². The first-order chi connectivity index (χ1) is 9.29. The predicted octanol–water partition coefficient (Wildman–Crippen LogP) is 0.573. The summed E-state index contributed by atoms with van der Waals surface area (Å²) in [6.45, 7) is 2.35. The number of aliphatic hydroxyl groups excluding tert-OH is 1. The average Bonchev–Trinajstić information content (AvgIpc) is 2.46. The average molecular weight is 263 g/mol. The van der Waals surface area contributed by atoms with Crippen LogP contribution in [-0.4, -0.2) is 43.3 Å². The van der Waals surface area contributed by atoms with Crippen LogP contribution < -0.4 is 16.0 Å². The standard InChI is InChI=1S/C14H21N3O2/c18-10-9-16-14(19)11-1-3-12(4-2-11)17-13-5-7-15-8-6-13/h1-4,13,15,17-18H,5-10H2,(H,16,19). The van der Waals surface area contributed by atoms with E-state index in [9.17, 15) is 4.79 Å². The highest BCUT2D eigenvalue weighted by Gasteiger charge is 2.12. The Bertz CT molecular complexity index is 400. The molecule has 5 heteroatoms. The van der Waals surface area contributed by atoms with Gasteiger partial charge in [-0.3, -0.25) is 4.79 Å². The fourth-order valence-corrected chi connectivity index (χ4v) is 2.19. The van der Waals surface area contributed by atoms with Crippen LogP contribution in [0.5, 0.6) is 0 Å². The number of hydrogen-bond acceptors (Lipinski definition) is 4. The summed E-state index contributed by atoms with van der Waals surface area (Å²) in [5, 5.41) is 18.1. The van der Waals surface area contributed by atoms with Crippen molar-refractivity contribution < 1.29 is 9.90 Å². The number of benzene rings is 1. The molecule has 1 aromatic carbocycles. The summed E-state index contributed by atoms with van der Waals surface area (Å²) in [4.78, 5) is 11.7. The lowest BCUT2D eigenvalue weighted by Crippen LogP contribution is -2.35. The van der Waals surface area contributed by atoms with Gasteiger partial charge in [0.2, 0.25) is 0 Å². The van der Waals surface area contributed by atoms with Crippen LogP contribution >= 0.6 is 0 Å². The first kappa shape index (κ1) is 13.8. The Morgan fingerprint density at radius 1 is 1.26 bits per heavy atom. The smallest absolute Gasteiger partial charge is 0.251 e. The van der Waals surface area contributed by atoms with E-state index in [1.54, 1.807) is 12.1 Å². The molecule has 4 N–H and O–H groups in total. The highest BCUT2D eigenvalue weighted by atomic mass is 16.3. The Balaban J connectivity index is 1.88. The van der Waals surface area contributed by atoms with E-state index < -0.39 is 0 Å². The molecular weight excluding hydrogens is 242 g/mol. The highest BCUT2D eigenvalue weighted by molar-refractivity contribution is 5.94. The maximum Gasteiger partial charge on any atom is 0.251 e. The monoisotopic (exact) mass is 263 g/mol. The van der Waals surface area contributed by atoms with Crippen molar-refractivity contribution in [2.45, 2.75) is 18.9 Å². The molecule has 1 heterocycles. The molecule has 2 rings (SSSR count). The van der Waals surface area contributed by atoms with Crippen molar-refractivity contribution in [2.75, 3.05) is 31.6 Å². The third-order valence-corrected chi connectivity index (χ3v) is 3.25. The van der Waals surface area contributed by atoms with E-state index in [4.69, 9.17) is 5.11 Å². The summed E-state index contributed by atoms with van der Waals surface area (Å²) in [6.07, 6.45) is 2.25. The zero-order chi connectivity index (χ0) is 13.5. The van der Waals surface area contributed by atoms with Crippen LogP contribution in [0, 0.1) is 0 Å². The maximum atomic E-state index is 11.7. The number of carbonyl (C=O) groups excluding carboxylic acids is 1. The van der Waals surface area contributed by atoms with Crippen molar-refractivity contribution in [1.29, 1.82) is 0 Å². The van der Waals surface area contributed by atoms with Crippen LogP contribution in [0.1, 0.15) is 23.2 Å². The second-order valence-electron chi connectivity index (χ2n) is 4.73. The Hall–Kier alpha value is -1.59. The second kappa shape index (κ2) is 7.11. The molecule has 1 aromatic rings. The number of nitrogens with one attached hydrogen (secondary N) is 3. The van der Waals surface area contributed by atoms with Gasteiger partial charge < -0.3 is 21.1 Å². The summed E-state index contributed by atoms with van der Waals surface area (Å²) in [5.74, 6) is -0.150. The molecule has 19 heavy (non-hydrogen) atoms. The number of carbonyl (C=O) groups is 1. The number of piperidine rings is 1. The summed E-state index contributed by atoms with van der Waals surface area (Å²) in [5.41, 5.74) is 1.66. The lowest BCUT2D eigenvalue weighted by molar-refractivity contribution is 0.0945. The molecule has 1 saturated heterocycles. The molecular formula is C14H21N3O2. The molecule has 5 nitrogen and oxygen atoms in total. The van der Waals surface area contributed by atoms with Crippen molar-refractivity contribution in [1.82, 2.24) is 10.6 Å². The van der Waals surface area contributed by atoms with Crippen molar-refractivity contribution >= 4 is 11.6 Å². The predicted molar refractivity (Wildman–Crippen MR) is 75.4 cm³/mol. The van der Waals surface area contributed by atoms with Crippen LogP contribution in [0.4, 0.5) is 5.69 Å². The molecule has 0 aliphatic carbocycles. The van der Waals surface area contributed by atoms with Gasteiger partial charge in [0.15, 0.2) is 0 Å². The molecule has 1 fully saturated rings. The van der Waals surface area contributed by atoms with Gasteiger partial charge in [0.1, 0.15) is 0 Å². The number of anilines is 1. The molecule has 0 saturated carbocycles. The van der Waals surface area contributed by atoms with Crippen molar-refractivity contribution in [2.24, 2.45) is 0 Å². The lowest BCUT2D eigenvalue weighted by atomic mass is 10.1. The molecule has 0 radical (unpaired) electrons. The van der Waals surface area contributed by atoms with Gasteiger partial charge in [-0.05, 0) is 50.2 Å². The van der Waals surface area contributed by atoms with Crippen LogP contribution in [0.15, 0.2) is 24.3 Å². The second-order valence-corrected chi connectivity index (χ2v) is 4.73. The van der Waals surface area contributed by atoms with E-state index in [1.165, 1.54) is 0 Å². The topological polar surface area (TPSA) is 73.4 Å². The summed E-state index contributed by atoms with van der Waals surface area (Å²) < 4.78 is 0. The van der Waals surface area contributed by atoms with E-state index in [0.717, 1.165) is 31.6 Å². The fraction of sp³-hybridized carbons (Fsp3) is 0.500. The highest BCUT2D eigenvalue weighted by Crippen LogP contribution is 2.14. The van der Waals surface area contributed by atoms with Crippen LogP contribution in [0.2, 0.25) is 0 Å². The summed E-state index contributed by atoms with van der Waals surface area (Å²) in [7, 11) is 0. The molecule has 0 spiro atoms. The number of rotatable bonds is 5. The normalized spacial score (nSPS) is 16.1. The number of amides is 1. The van der Waals surface area contributed by atoms with Gasteiger partial charge in [0.25, 0.3) is 5.91 Å². The van der Waals surface area contributed by atoms with E-state index >= 15 is 0 Å². The van der Waals surface area contributed by atoms with Crippen molar-refractivity contribution in [3.63, 3.8) is 0 Å². The zero-order valence-corrected chi connectivity index (χ0v) is 11.0. The van der Waals surface area contributed by atoms with Crippen LogP contribution in [0.25, 0.3) is 0 Å². The Labute approximate surface area is 113 Å². The maximum absolute atomic E-state index is 11.7. The van der Waals surface area contributed by atoms with Gasteiger partial charge in [0, 0.05) is 23.8 Å². The first-order valence-electron chi connectivity index (χ1n) is 6.76. The van der Waals surface area contributed by atoms with Gasteiger partial charge in [-0.15, -0.1) is 0 Å². The minimum absolute atomic E-state index is 0.0406. The third-order valence-electron chi connectivity index (χ3n) is 3.25. The van der Waals surface area contributed by atoms with Gasteiger partial charge >= 0.3 is 0 Å². The Morgan fingerprint density at radius 3 is 2.58 bits per heavy atom. The zero-order valence-electron chi connectivity index (χ0n) is 11.0. The minimum Gasteiger partial charge on any atom is -0.395 e. The van der Waals surface area contributed by atoms with Gasteiger partial charge in [-0.25, -0.2) is 0 Å². The van der Waals surface area contributed by atoms with Gasteiger partial charge in [0.05, 0.1) is 6.61 Å². The quantitative estimate of drug-likeness (QED) is 0.627. The third kappa shape index (κ3) is 4.22. The minimum atomic E-state index is -0.150. The van der Waals surface area contributed by atoms with Gasteiger partial charge in [-0.1, -0.05) is 0 Å². The van der Waals surface area contributed by atoms with E-state index in [0.29, 0.717) is 11.6 Å². The summed E-state index contributed by atoms with van der Waals surface area (Å²) >= 11 is 0. The molecule has 104 valence electrons. The SMILES string of the molecule is O=C(NCCO)c1ccc(NC2CCNCC2)cc1. The van der Waals surface area contributed by atoms with E-state index in [-0.39, 0.29) is 19.1 Å². The molecule has 1 aliphatic heterocycles. The Morgan fingerprint density at radius 2 is 1.95 bits per heavy atom. The number of aliphatic hydroxyl groups is 1. The fourth-order valence-electron chi connectivity index (χ4n) is 2.19. The van der Waals surface area contributed by atoms with Crippen molar-refractivity contribution in [3.05, 3.63) is 29.8 Å². The lowest BCUT2D eigenvalue weighted by Gasteiger charge is -2.24. The molecule has 0 atom stereocenters. The summed E-state index contributed by atoms with van der Waals surface area (Å²) in [6, 6.07) is 7.97. The Kier molecular flexibility index (Phi) is 5.18.